The summed E-state index contributed by atoms with van der Waals surface area (Å²) >= 11 is 0. The zero-order valence-corrected chi connectivity index (χ0v) is 31.9. The van der Waals surface area contributed by atoms with Gasteiger partial charge in [-0.05, 0) is 163 Å². The monoisotopic (exact) mass is 806 g/mol. The van der Waals surface area contributed by atoms with Crippen molar-refractivity contribution in [1.82, 2.24) is 0 Å². The Morgan fingerprint density at radius 3 is 0.855 bits per heavy atom. The van der Waals surface area contributed by atoms with Crippen LogP contribution in [0.25, 0.3) is 22.3 Å². The highest BCUT2D eigenvalue weighted by Crippen LogP contribution is 2.55. The fraction of sp³-hybridized carbons (Fsp3) is 0. The van der Waals surface area contributed by atoms with Gasteiger partial charge < -0.3 is 0 Å². The molecular formula is C52H22F4N6. The van der Waals surface area contributed by atoms with E-state index in [9.17, 15) is 31.6 Å². The molecular weight excluding hydrogens is 785 g/mol. The first-order valence-corrected chi connectivity index (χ1v) is 18.6. The summed E-state index contributed by atoms with van der Waals surface area (Å²) in [5, 5.41) is 59.2. The molecule has 0 aromatic heterocycles. The molecule has 0 radical (unpaired) electrons. The van der Waals surface area contributed by atoms with Gasteiger partial charge in [-0.1, -0.05) is 48.5 Å². The minimum atomic E-state index is -0.780. The molecule has 62 heavy (non-hydrogen) atoms. The zero-order chi connectivity index (χ0) is 43.7. The van der Waals surface area contributed by atoms with Crippen LogP contribution in [0.3, 0.4) is 0 Å². The van der Waals surface area contributed by atoms with E-state index in [1.165, 1.54) is 48.5 Å². The van der Waals surface area contributed by atoms with Crippen LogP contribution in [0.4, 0.5) is 17.6 Å². The van der Waals surface area contributed by atoms with Crippen molar-refractivity contribution < 1.29 is 17.6 Å². The van der Waals surface area contributed by atoms with Crippen LogP contribution in [0.5, 0.6) is 0 Å². The van der Waals surface area contributed by atoms with E-state index in [1.54, 1.807) is 48.5 Å². The van der Waals surface area contributed by atoms with Gasteiger partial charge in [0.15, 0.2) is 0 Å². The Morgan fingerprint density at radius 2 is 0.613 bits per heavy atom. The molecule has 0 N–H and O–H groups in total. The Hall–Kier alpha value is -9.32. The minimum Gasteiger partial charge on any atom is -0.206 e. The number of nitriles is 6. The maximum Gasteiger partial charge on any atom is 0.140 e. The highest BCUT2D eigenvalue weighted by Gasteiger charge is 2.36. The largest absolute Gasteiger partial charge is 0.206 e. The molecule has 0 saturated carbocycles. The number of halogens is 4. The Bertz CT molecular complexity index is 3020. The highest BCUT2D eigenvalue weighted by molar-refractivity contribution is 6.12. The Labute approximate surface area is 352 Å². The molecule has 0 unspecified atom stereocenters. The van der Waals surface area contributed by atoms with E-state index in [-0.39, 0.29) is 22.3 Å². The van der Waals surface area contributed by atoms with Gasteiger partial charge in [-0.15, -0.1) is 0 Å². The topological polar surface area (TPSA) is 143 Å². The van der Waals surface area contributed by atoms with Gasteiger partial charge in [0.2, 0.25) is 0 Å². The smallest absolute Gasteiger partial charge is 0.140 e. The number of nitrogens with zero attached hydrogens (tertiary/aromatic N) is 6. The predicted octanol–water partition coefficient (Wildman–Crippen LogP) is 11.3. The van der Waals surface area contributed by atoms with Crippen LogP contribution < -0.4 is 0 Å². The normalized spacial score (nSPS) is 12.5. The second-order valence-corrected chi connectivity index (χ2v) is 14.0. The third-order valence-corrected chi connectivity index (χ3v) is 10.6. The SMILES string of the molecule is N#Cc1ccc(C2=CC3=C(C=C(c4ccc(C#N)cc4)C3=C(c3ccc(F)c(C#N)c3)c3ccc(F)c(C#N)c3)C2=C(c2ccc(F)c(C#N)c2)c2ccc(F)c(C#N)c2)cc1. The minimum absolute atomic E-state index is 0.281. The van der Waals surface area contributed by atoms with Crippen molar-refractivity contribution in [2.75, 3.05) is 0 Å². The first kappa shape index (κ1) is 39.5. The van der Waals surface area contributed by atoms with Gasteiger partial charge in [-0.3, -0.25) is 0 Å². The molecule has 0 spiro atoms. The Balaban J connectivity index is 1.59. The van der Waals surface area contributed by atoms with Crippen molar-refractivity contribution in [3.8, 4) is 36.4 Å². The van der Waals surface area contributed by atoms with E-state index in [4.69, 9.17) is 0 Å². The number of benzene rings is 6. The summed E-state index contributed by atoms with van der Waals surface area (Å²) < 4.78 is 60.1. The number of hydrogen-bond donors (Lipinski definition) is 0. The van der Waals surface area contributed by atoms with Gasteiger partial charge in [0.05, 0.1) is 45.5 Å². The van der Waals surface area contributed by atoms with Crippen LogP contribution in [0.1, 0.15) is 66.8 Å². The van der Waals surface area contributed by atoms with E-state index >= 15 is 17.6 Å². The molecule has 8 rings (SSSR count). The molecule has 0 fully saturated rings. The number of allylic oxidation sites excluding steroid dienone is 8. The van der Waals surface area contributed by atoms with Crippen LogP contribution in [0.2, 0.25) is 0 Å². The summed E-state index contributed by atoms with van der Waals surface area (Å²) in [5.41, 5.74) is 6.09. The lowest BCUT2D eigenvalue weighted by Crippen LogP contribution is -2.01. The van der Waals surface area contributed by atoms with Crippen molar-refractivity contribution in [2.45, 2.75) is 0 Å². The molecule has 288 valence electrons. The molecule has 0 aliphatic heterocycles. The average molecular weight is 807 g/mol. The van der Waals surface area contributed by atoms with Crippen molar-refractivity contribution in [1.29, 1.82) is 31.6 Å². The summed E-state index contributed by atoms with van der Waals surface area (Å²) in [6.07, 6.45) is 3.73. The van der Waals surface area contributed by atoms with Gasteiger partial charge in [0, 0.05) is 0 Å². The summed E-state index contributed by atoms with van der Waals surface area (Å²) in [6.45, 7) is 0. The summed E-state index contributed by atoms with van der Waals surface area (Å²) in [4.78, 5) is 0. The molecule has 2 aliphatic rings. The summed E-state index contributed by atoms with van der Waals surface area (Å²) in [7, 11) is 0. The Kier molecular flexibility index (Phi) is 10.3. The van der Waals surface area contributed by atoms with Gasteiger partial charge in [-0.25, -0.2) is 17.6 Å². The number of rotatable bonds is 6. The van der Waals surface area contributed by atoms with E-state index in [2.05, 4.69) is 12.1 Å². The highest BCUT2D eigenvalue weighted by atomic mass is 19.1. The average Bonchev–Trinajstić information content (AvgIpc) is 3.85. The first-order valence-electron chi connectivity index (χ1n) is 18.6. The van der Waals surface area contributed by atoms with Gasteiger partial charge >= 0.3 is 0 Å². The van der Waals surface area contributed by atoms with Crippen molar-refractivity contribution in [3.05, 3.63) is 246 Å². The Morgan fingerprint density at radius 1 is 0.339 bits per heavy atom. The lowest BCUT2D eigenvalue weighted by molar-refractivity contribution is 0.623. The molecule has 0 saturated heterocycles. The van der Waals surface area contributed by atoms with Crippen molar-refractivity contribution in [2.24, 2.45) is 0 Å². The van der Waals surface area contributed by atoms with E-state index in [1.807, 2.05) is 36.4 Å². The fourth-order valence-electron chi connectivity index (χ4n) is 7.71. The van der Waals surface area contributed by atoms with Gasteiger partial charge in [0.1, 0.15) is 47.5 Å². The number of hydrogen-bond acceptors (Lipinski definition) is 6. The van der Waals surface area contributed by atoms with E-state index in [0.717, 1.165) is 24.3 Å². The van der Waals surface area contributed by atoms with Crippen LogP contribution >= 0.6 is 0 Å². The van der Waals surface area contributed by atoms with Gasteiger partial charge in [0.25, 0.3) is 0 Å². The molecule has 0 atom stereocenters. The third-order valence-electron chi connectivity index (χ3n) is 10.6. The van der Waals surface area contributed by atoms with E-state index < -0.39 is 23.3 Å². The van der Waals surface area contributed by atoms with Crippen LogP contribution in [-0.4, -0.2) is 0 Å². The van der Waals surface area contributed by atoms with Crippen LogP contribution in [0.15, 0.2) is 156 Å². The second-order valence-electron chi connectivity index (χ2n) is 14.0. The van der Waals surface area contributed by atoms with Crippen molar-refractivity contribution in [3.63, 3.8) is 0 Å². The molecule has 6 nitrogen and oxygen atoms in total. The maximum absolute atomic E-state index is 15.0. The quantitative estimate of drug-likeness (QED) is 0.153. The second kappa shape index (κ2) is 16.1. The van der Waals surface area contributed by atoms with E-state index in [0.29, 0.717) is 89.1 Å². The predicted molar refractivity (Wildman–Crippen MR) is 222 cm³/mol. The third kappa shape index (κ3) is 6.90. The molecule has 2 aliphatic carbocycles. The van der Waals surface area contributed by atoms with Crippen molar-refractivity contribution >= 4 is 22.3 Å². The zero-order valence-electron chi connectivity index (χ0n) is 31.9. The fourth-order valence-corrected chi connectivity index (χ4v) is 7.71. The lowest BCUT2D eigenvalue weighted by atomic mass is 9.83. The molecule has 0 heterocycles. The molecule has 0 bridgehead atoms. The van der Waals surface area contributed by atoms with Crippen LogP contribution in [0, 0.1) is 91.3 Å². The summed E-state index contributed by atoms with van der Waals surface area (Å²) in [6, 6.07) is 41.0. The molecule has 0 amide bonds. The molecule has 6 aromatic carbocycles. The van der Waals surface area contributed by atoms with Gasteiger partial charge in [-0.2, -0.15) is 31.6 Å². The first-order chi connectivity index (χ1) is 30.1. The molecule has 10 heteroatoms. The van der Waals surface area contributed by atoms with Crippen LogP contribution in [-0.2, 0) is 0 Å². The summed E-state index contributed by atoms with van der Waals surface area (Å²) in [5.74, 6) is -3.12. The lowest BCUT2D eigenvalue weighted by Gasteiger charge is -2.19. The molecule has 6 aromatic rings. The standard InChI is InChI=1S/C52H22F4N6/c53-45-13-9-33(17-37(45)25-59)49(34-10-14-46(54)38(18-34)26-60)51-41(31-5-1-29(23-57)2-6-31)21-43-44(51)22-42(32-7-3-30(24-58)4-8-32)52(43)50(35-11-15-47(55)39(19-35)27-61)36-12-16-48(56)40(20-36)28-62/h1-22H. The maximum atomic E-state index is 15.0.